The largest absolute Gasteiger partial charge is 0.507 e. The Morgan fingerprint density at radius 2 is 1.60 bits per heavy atom. The number of aliphatic hydroxyl groups is 1. The summed E-state index contributed by atoms with van der Waals surface area (Å²) in [6.07, 6.45) is -1.03. The molecule has 0 spiro atoms. The summed E-state index contributed by atoms with van der Waals surface area (Å²) < 4.78 is 5.60. The van der Waals surface area contributed by atoms with Crippen LogP contribution < -0.4 is 0 Å². The highest BCUT2D eigenvalue weighted by molar-refractivity contribution is 6.30. The first-order chi connectivity index (χ1) is 12.0. The lowest BCUT2D eigenvalue weighted by molar-refractivity contribution is -0.0440. The van der Waals surface area contributed by atoms with E-state index in [1.165, 1.54) is 12.1 Å². The van der Waals surface area contributed by atoms with Crippen LogP contribution in [0.1, 0.15) is 56.0 Å². The van der Waals surface area contributed by atoms with Gasteiger partial charge >= 0.3 is 0 Å². The van der Waals surface area contributed by atoms with E-state index >= 15 is 0 Å². The van der Waals surface area contributed by atoms with Gasteiger partial charge in [-0.25, -0.2) is 0 Å². The van der Waals surface area contributed by atoms with E-state index in [1.54, 1.807) is 19.1 Å². The highest BCUT2D eigenvalue weighted by atomic mass is 16.5. The van der Waals surface area contributed by atoms with Crippen molar-refractivity contribution < 1.29 is 29.6 Å². The molecule has 2 aromatic carbocycles. The highest BCUT2D eigenvalue weighted by Crippen LogP contribution is 2.48. The molecule has 0 fully saturated rings. The van der Waals surface area contributed by atoms with E-state index in [1.807, 2.05) is 0 Å². The maximum Gasteiger partial charge on any atom is 0.198 e. The summed E-state index contributed by atoms with van der Waals surface area (Å²) in [4.78, 5) is 25.7. The van der Waals surface area contributed by atoms with Gasteiger partial charge in [0.25, 0.3) is 0 Å². The molecule has 0 aromatic heterocycles. The molecule has 2 aromatic rings. The number of hydrogen-bond donors (Lipinski definition) is 3. The Bertz CT molecular complexity index is 930. The Morgan fingerprint density at radius 1 is 1.04 bits per heavy atom. The molecule has 1 heterocycles. The minimum absolute atomic E-state index is 0.145. The van der Waals surface area contributed by atoms with Crippen molar-refractivity contribution in [3.63, 3.8) is 0 Å². The fourth-order valence-corrected chi connectivity index (χ4v) is 3.77. The summed E-state index contributed by atoms with van der Waals surface area (Å²) in [6.45, 7) is 1.41. The molecular weight excluding hydrogens is 324 g/mol. The van der Waals surface area contributed by atoms with E-state index in [9.17, 15) is 24.9 Å². The van der Waals surface area contributed by atoms with Crippen molar-refractivity contribution in [2.45, 2.75) is 25.6 Å². The Balaban J connectivity index is 2.03. The second-order valence-electron chi connectivity index (χ2n) is 6.33. The highest BCUT2D eigenvalue weighted by Gasteiger charge is 2.40. The summed E-state index contributed by atoms with van der Waals surface area (Å²) in [6, 6.07) is 6.33. The number of ether oxygens (including phenoxy) is 1. The molecular formula is C19H16O6. The number of hydrogen-bond acceptors (Lipinski definition) is 6. The molecule has 4 rings (SSSR count). The van der Waals surface area contributed by atoms with Gasteiger partial charge in [-0.05, 0) is 6.92 Å². The van der Waals surface area contributed by atoms with Crippen molar-refractivity contribution >= 4 is 11.6 Å². The van der Waals surface area contributed by atoms with Crippen LogP contribution in [0.4, 0.5) is 0 Å². The summed E-state index contributed by atoms with van der Waals surface area (Å²) in [5.41, 5.74) is 0.681. The lowest BCUT2D eigenvalue weighted by atomic mass is 9.78. The molecule has 0 saturated carbocycles. The van der Waals surface area contributed by atoms with Gasteiger partial charge in [0, 0.05) is 28.7 Å². The smallest absolute Gasteiger partial charge is 0.198 e. The second kappa shape index (κ2) is 5.40. The van der Waals surface area contributed by atoms with E-state index in [2.05, 4.69) is 0 Å². The van der Waals surface area contributed by atoms with E-state index in [4.69, 9.17) is 4.74 Å². The van der Waals surface area contributed by atoms with Gasteiger partial charge in [-0.3, -0.25) is 9.59 Å². The predicted molar refractivity (Wildman–Crippen MR) is 87.2 cm³/mol. The molecule has 3 N–H and O–H groups in total. The van der Waals surface area contributed by atoms with Crippen molar-refractivity contribution in [1.82, 2.24) is 0 Å². The topological polar surface area (TPSA) is 104 Å². The van der Waals surface area contributed by atoms with Gasteiger partial charge in [-0.15, -0.1) is 0 Å². The second-order valence-corrected chi connectivity index (χ2v) is 6.33. The molecule has 0 saturated heterocycles. The third-order valence-corrected chi connectivity index (χ3v) is 4.90. The lowest BCUT2D eigenvalue weighted by Gasteiger charge is -2.33. The third-order valence-electron chi connectivity index (χ3n) is 4.90. The van der Waals surface area contributed by atoms with Gasteiger partial charge in [0.1, 0.15) is 11.5 Å². The van der Waals surface area contributed by atoms with Gasteiger partial charge in [0.15, 0.2) is 11.6 Å². The Labute approximate surface area is 143 Å². The number of carbonyl (C=O) groups excluding carboxylic acids is 2. The summed E-state index contributed by atoms with van der Waals surface area (Å²) in [7, 11) is 0. The van der Waals surface area contributed by atoms with E-state index in [0.29, 0.717) is 11.1 Å². The third kappa shape index (κ3) is 2.04. The molecule has 0 bridgehead atoms. The van der Waals surface area contributed by atoms with Crippen LogP contribution in [0.2, 0.25) is 0 Å². The first-order valence-corrected chi connectivity index (χ1v) is 8.01. The van der Waals surface area contributed by atoms with Crippen molar-refractivity contribution in [2.24, 2.45) is 0 Å². The number of benzene rings is 2. The summed E-state index contributed by atoms with van der Waals surface area (Å²) >= 11 is 0. The number of aromatic hydroxyl groups is 2. The first-order valence-electron chi connectivity index (χ1n) is 8.01. The number of carbonyl (C=O) groups is 2. The normalized spacial score (nSPS) is 21.5. The van der Waals surface area contributed by atoms with Gasteiger partial charge in [0.05, 0.1) is 29.9 Å². The average Bonchev–Trinajstić information content (AvgIpc) is 2.62. The standard InChI is InChI=1S/C19H16O6/c1-8-13-12(6-9(7-20)25-8)18(23)14-15(19(13)24)17(22)11-5-3-2-4-10(11)16(14)21/h2-5,8-9,20,23-24H,6-7H2,1H3/t8-,9-/m0/s1. The molecule has 2 aliphatic rings. The minimum Gasteiger partial charge on any atom is -0.507 e. The van der Waals surface area contributed by atoms with Crippen LogP contribution in [-0.2, 0) is 11.2 Å². The molecule has 128 valence electrons. The minimum atomic E-state index is -0.628. The van der Waals surface area contributed by atoms with Crippen LogP contribution in [0.3, 0.4) is 0 Å². The van der Waals surface area contributed by atoms with Crippen molar-refractivity contribution in [3.8, 4) is 11.5 Å². The quantitative estimate of drug-likeness (QED) is 0.584. The van der Waals surface area contributed by atoms with Crippen LogP contribution in [-0.4, -0.2) is 39.6 Å². The Hall–Kier alpha value is -2.70. The van der Waals surface area contributed by atoms with Crippen LogP contribution in [0.15, 0.2) is 24.3 Å². The molecule has 0 radical (unpaired) electrons. The van der Waals surface area contributed by atoms with Crippen LogP contribution in [0.5, 0.6) is 11.5 Å². The number of ketones is 2. The maximum atomic E-state index is 12.8. The lowest BCUT2D eigenvalue weighted by Crippen LogP contribution is -2.30. The number of phenols is 2. The molecule has 1 aliphatic carbocycles. The number of phenolic OH excluding ortho intramolecular Hbond substituents is 2. The van der Waals surface area contributed by atoms with Crippen LogP contribution in [0, 0.1) is 0 Å². The molecule has 2 atom stereocenters. The van der Waals surface area contributed by atoms with Crippen molar-refractivity contribution in [3.05, 3.63) is 57.6 Å². The molecule has 0 unspecified atom stereocenters. The van der Waals surface area contributed by atoms with Crippen molar-refractivity contribution in [2.75, 3.05) is 6.61 Å². The molecule has 25 heavy (non-hydrogen) atoms. The fourth-order valence-electron chi connectivity index (χ4n) is 3.77. The van der Waals surface area contributed by atoms with Gasteiger partial charge < -0.3 is 20.1 Å². The van der Waals surface area contributed by atoms with Crippen LogP contribution in [0.25, 0.3) is 0 Å². The fraction of sp³-hybridized carbons (Fsp3) is 0.263. The molecule has 6 heteroatoms. The first kappa shape index (κ1) is 15.8. The monoisotopic (exact) mass is 340 g/mol. The SMILES string of the molecule is C[C@@H]1O[C@H](CO)Cc2c(O)c3c(c(O)c21)C(=O)c1ccccc1C3=O. The van der Waals surface area contributed by atoms with E-state index in [-0.39, 0.29) is 46.8 Å². The van der Waals surface area contributed by atoms with Crippen molar-refractivity contribution in [1.29, 1.82) is 0 Å². The number of fused-ring (bicyclic) bond motifs is 3. The zero-order valence-corrected chi connectivity index (χ0v) is 13.4. The predicted octanol–water partition coefficient (Wildman–Crippen LogP) is 1.87. The van der Waals surface area contributed by atoms with Gasteiger partial charge in [0.2, 0.25) is 0 Å². The average molecular weight is 340 g/mol. The zero-order valence-electron chi connectivity index (χ0n) is 13.4. The van der Waals surface area contributed by atoms with Gasteiger partial charge in [-0.2, -0.15) is 0 Å². The van der Waals surface area contributed by atoms with E-state index in [0.717, 1.165) is 0 Å². The summed E-state index contributed by atoms with van der Waals surface area (Å²) in [5, 5.41) is 30.8. The Morgan fingerprint density at radius 3 is 2.16 bits per heavy atom. The summed E-state index contributed by atoms with van der Waals surface area (Å²) in [5.74, 6) is -1.65. The van der Waals surface area contributed by atoms with E-state index < -0.39 is 23.8 Å². The maximum absolute atomic E-state index is 12.8. The number of aliphatic hydroxyl groups excluding tert-OH is 1. The molecule has 6 nitrogen and oxygen atoms in total. The Kier molecular flexibility index (Phi) is 3.42. The molecule has 0 amide bonds. The van der Waals surface area contributed by atoms with Gasteiger partial charge in [-0.1, -0.05) is 24.3 Å². The van der Waals surface area contributed by atoms with Crippen LogP contribution >= 0.6 is 0 Å². The zero-order chi connectivity index (χ0) is 17.9. The number of rotatable bonds is 1. The molecule has 1 aliphatic heterocycles.